The van der Waals surface area contributed by atoms with Crippen LogP contribution in [0.3, 0.4) is 0 Å². The van der Waals surface area contributed by atoms with Crippen molar-refractivity contribution in [2.24, 2.45) is 11.0 Å². The predicted molar refractivity (Wildman–Crippen MR) is 135 cm³/mol. The molecule has 0 aliphatic carbocycles. The van der Waals surface area contributed by atoms with Crippen molar-refractivity contribution in [3.63, 3.8) is 0 Å². The Morgan fingerprint density at radius 3 is 2.36 bits per heavy atom. The lowest BCUT2D eigenvalue weighted by Crippen LogP contribution is -2.46. The number of hydrogen-bond donors (Lipinski definition) is 2. The Morgan fingerprint density at radius 2 is 1.81 bits per heavy atom. The van der Waals surface area contributed by atoms with E-state index in [-0.39, 0.29) is 24.5 Å². The summed E-state index contributed by atoms with van der Waals surface area (Å²) in [6.07, 6.45) is 6.77. The van der Waals surface area contributed by atoms with Crippen molar-refractivity contribution in [2.75, 3.05) is 6.61 Å². The molecule has 2 aromatic rings. The Kier molecular flexibility index (Phi) is 10.1. The lowest BCUT2D eigenvalue weighted by molar-refractivity contribution is -0.394. The number of nitrogens with zero attached hydrogens (tertiary/aromatic N) is 3. The summed E-state index contributed by atoms with van der Waals surface area (Å²) in [6, 6.07) is 6.58. The molecule has 2 N–H and O–H groups in total. The summed E-state index contributed by atoms with van der Waals surface area (Å²) < 4.78 is 6.18. The molecule has 0 aliphatic heterocycles. The van der Waals surface area contributed by atoms with Gasteiger partial charge in [0.15, 0.2) is 0 Å². The fourth-order valence-corrected chi connectivity index (χ4v) is 3.37. The molecular weight excluding hydrogens is 538 g/mol. The SMILES string of the molecule is C#CCOc1ccc(Br)cc1/C=N\NC(=O)[C@H](CC(C)C)NC(=O)c1cc([N+](=O)[O-])cc([N+](=O)[O-])c1. The second kappa shape index (κ2) is 13.0. The average molecular weight is 560 g/mol. The fraction of sp³-hybridized carbons (Fsp3) is 0.261. The molecular formula is C23H22BrN5O7. The number of nitro benzene ring substituents is 2. The van der Waals surface area contributed by atoms with Gasteiger partial charge in [-0.15, -0.1) is 6.42 Å². The van der Waals surface area contributed by atoms with Gasteiger partial charge in [-0.25, -0.2) is 5.43 Å². The molecule has 0 saturated heterocycles. The van der Waals surface area contributed by atoms with Gasteiger partial charge in [-0.05, 0) is 30.5 Å². The minimum Gasteiger partial charge on any atom is -0.480 e. The Balaban J connectivity index is 2.22. The minimum absolute atomic E-state index is 0.0293. The molecule has 12 nitrogen and oxygen atoms in total. The summed E-state index contributed by atoms with van der Waals surface area (Å²) in [6.45, 7) is 3.68. The third kappa shape index (κ3) is 8.17. The van der Waals surface area contributed by atoms with Crippen LogP contribution in [-0.4, -0.2) is 40.5 Å². The average Bonchev–Trinajstić information content (AvgIpc) is 2.82. The van der Waals surface area contributed by atoms with Crippen molar-refractivity contribution in [3.05, 3.63) is 72.2 Å². The number of nitrogens with one attached hydrogen (secondary N) is 2. The van der Waals surface area contributed by atoms with Crippen molar-refractivity contribution >= 4 is 45.3 Å². The summed E-state index contributed by atoms with van der Waals surface area (Å²) in [5.74, 6) is 1.22. The highest BCUT2D eigenvalue weighted by molar-refractivity contribution is 9.10. The Morgan fingerprint density at radius 1 is 1.17 bits per heavy atom. The largest absolute Gasteiger partial charge is 0.480 e. The topological polar surface area (TPSA) is 166 Å². The maximum absolute atomic E-state index is 12.8. The molecule has 0 heterocycles. The quantitative estimate of drug-likeness (QED) is 0.183. The van der Waals surface area contributed by atoms with Crippen LogP contribution in [0.1, 0.15) is 36.2 Å². The van der Waals surface area contributed by atoms with E-state index >= 15 is 0 Å². The van der Waals surface area contributed by atoms with Crippen LogP contribution in [-0.2, 0) is 4.79 Å². The Bertz CT molecular complexity index is 1210. The van der Waals surface area contributed by atoms with Crippen molar-refractivity contribution < 1.29 is 24.2 Å². The van der Waals surface area contributed by atoms with Gasteiger partial charge >= 0.3 is 0 Å². The maximum Gasteiger partial charge on any atom is 0.277 e. The van der Waals surface area contributed by atoms with Crippen LogP contribution in [0, 0.1) is 38.5 Å². The van der Waals surface area contributed by atoms with E-state index in [0.717, 1.165) is 22.7 Å². The van der Waals surface area contributed by atoms with Crippen LogP contribution in [0.4, 0.5) is 11.4 Å². The van der Waals surface area contributed by atoms with E-state index in [1.54, 1.807) is 18.2 Å². The monoisotopic (exact) mass is 559 g/mol. The lowest BCUT2D eigenvalue weighted by atomic mass is 10.0. The summed E-state index contributed by atoms with van der Waals surface area (Å²) in [7, 11) is 0. The van der Waals surface area contributed by atoms with Crippen molar-refractivity contribution in [3.8, 4) is 18.1 Å². The highest BCUT2D eigenvalue weighted by Crippen LogP contribution is 2.23. The van der Waals surface area contributed by atoms with Gasteiger partial charge in [-0.1, -0.05) is 35.7 Å². The first-order valence-electron chi connectivity index (χ1n) is 10.4. The van der Waals surface area contributed by atoms with E-state index in [0.29, 0.717) is 11.3 Å². The smallest absolute Gasteiger partial charge is 0.277 e. The second-order valence-electron chi connectivity index (χ2n) is 7.82. The normalized spacial score (nSPS) is 11.5. The first-order valence-corrected chi connectivity index (χ1v) is 11.2. The zero-order valence-corrected chi connectivity index (χ0v) is 20.9. The number of nitro groups is 2. The van der Waals surface area contributed by atoms with Crippen molar-refractivity contribution in [1.29, 1.82) is 0 Å². The number of non-ortho nitro benzene ring substituents is 2. The minimum atomic E-state index is -1.08. The summed E-state index contributed by atoms with van der Waals surface area (Å²) in [4.78, 5) is 46.1. The number of rotatable bonds is 11. The molecule has 0 saturated carbocycles. The number of ether oxygens (including phenoxy) is 1. The number of halogens is 1. The molecule has 1 atom stereocenters. The molecule has 0 unspecified atom stereocenters. The Hall–Kier alpha value is -4.31. The molecule has 2 amide bonds. The van der Waals surface area contributed by atoms with Gasteiger partial charge in [0.25, 0.3) is 23.2 Å². The first-order chi connectivity index (χ1) is 17.0. The number of terminal acetylenes is 1. The van der Waals surface area contributed by atoms with Crippen molar-refractivity contribution in [2.45, 2.75) is 26.3 Å². The molecule has 0 bridgehead atoms. The van der Waals surface area contributed by atoms with Crippen LogP contribution < -0.4 is 15.5 Å². The molecule has 0 aromatic heterocycles. The molecule has 36 heavy (non-hydrogen) atoms. The van der Waals surface area contributed by atoms with Gasteiger partial charge in [-0.3, -0.25) is 29.8 Å². The van der Waals surface area contributed by atoms with E-state index in [1.165, 1.54) is 6.21 Å². The lowest BCUT2D eigenvalue weighted by Gasteiger charge is -2.19. The van der Waals surface area contributed by atoms with Gasteiger partial charge in [0.1, 0.15) is 18.4 Å². The Labute approximate surface area is 214 Å². The van der Waals surface area contributed by atoms with Crippen LogP contribution >= 0.6 is 15.9 Å². The van der Waals surface area contributed by atoms with E-state index < -0.39 is 39.1 Å². The van der Waals surface area contributed by atoms with Gasteiger partial charge in [0.05, 0.1) is 27.7 Å². The van der Waals surface area contributed by atoms with Gasteiger partial charge in [0.2, 0.25) is 0 Å². The number of amides is 2. The predicted octanol–water partition coefficient (Wildman–Crippen LogP) is 3.57. The molecule has 0 fully saturated rings. The summed E-state index contributed by atoms with van der Waals surface area (Å²) >= 11 is 3.34. The standard InChI is InChI=1S/C23H22BrN5O7/c1-4-7-36-21-6-5-17(24)9-16(21)13-25-27-23(31)20(8-14(2)3)26-22(30)15-10-18(28(32)33)12-19(11-15)29(34)35/h1,5-6,9-14,20H,7-8H2,2-3H3,(H,26,30)(H,27,31)/b25-13-/t20-/m0/s1. The van der Waals surface area contributed by atoms with Gasteiger partial charge < -0.3 is 10.1 Å². The second-order valence-corrected chi connectivity index (χ2v) is 8.73. The van der Waals surface area contributed by atoms with Crippen LogP contribution in [0.5, 0.6) is 5.75 Å². The summed E-state index contributed by atoms with van der Waals surface area (Å²) in [5.41, 5.74) is 1.29. The number of carbonyl (C=O) groups is 2. The molecule has 188 valence electrons. The van der Waals surface area contributed by atoms with E-state index in [4.69, 9.17) is 11.2 Å². The number of benzene rings is 2. The zero-order valence-electron chi connectivity index (χ0n) is 19.3. The zero-order chi connectivity index (χ0) is 26.8. The van der Waals surface area contributed by atoms with E-state index in [2.05, 4.69) is 37.7 Å². The molecule has 2 rings (SSSR count). The van der Waals surface area contributed by atoms with Gasteiger partial charge in [-0.2, -0.15) is 5.10 Å². The van der Waals surface area contributed by atoms with E-state index in [1.807, 2.05) is 13.8 Å². The highest BCUT2D eigenvalue weighted by atomic mass is 79.9. The molecule has 13 heteroatoms. The first kappa shape index (κ1) is 27.9. The molecule has 0 radical (unpaired) electrons. The van der Waals surface area contributed by atoms with Crippen LogP contribution in [0.25, 0.3) is 0 Å². The molecule has 0 spiro atoms. The highest BCUT2D eigenvalue weighted by Gasteiger charge is 2.25. The third-order valence-electron chi connectivity index (χ3n) is 4.58. The van der Waals surface area contributed by atoms with Crippen LogP contribution in [0.2, 0.25) is 0 Å². The number of hydrazone groups is 1. The van der Waals surface area contributed by atoms with Crippen molar-refractivity contribution in [1.82, 2.24) is 10.7 Å². The third-order valence-corrected chi connectivity index (χ3v) is 5.07. The molecule has 0 aliphatic rings. The number of hydrogen-bond acceptors (Lipinski definition) is 8. The maximum atomic E-state index is 12.8. The summed E-state index contributed by atoms with van der Waals surface area (Å²) in [5, 5.41) is 28.6. The fourth-order valence-electron chi connectivity index (χ4n) is 3.00. The van der Waals surface area contributed by atoms with E-state index in [9.17, 15) is 29.8 Å². The van der Waals surface area contributed by atoms with Gasteiger partial charge in [0, 0.05) is 22.2 Å². The molecule has 2 aromatic carbocycles. The van der Waals surface area contributed by atoms with Crippen LogP contribution in [0.15, 0.2) is 46.0 Å². The number of carbonyl (C=O) groups excluding carboxylic acids is 2.